The molecule has 4 nitrogen and oxygen atoms in total. The SMILES string of the molecule is COC1CCN(C(=O)c2sc3ccc(F)cc3c2N)C1. The van der Waals surface area contributed by atoms with Crippen molar-refractivity contribution in [2.45, 2.75) is 12.5 Å². The van der Waals surface area contributed by atoms with E-state index >= 15 is 0 Å². The monoisotopic (exact) mass is 294 g/mol. The Kier molecular flexibility index (Phi) is 3.35. The number of benzene rings is 1. The van der Waals surface area contributed by atoms with Gasteiger partial charge in [0, 0.05) is 30.3 Å². The number of ether oxygens (including phenoxy) is 1. The van der Waals surface area contributed by atoms with E-state index in [0.717, 1.165) is 11.1 Å². The number of nitrogens with zero attached hydrogens (tertiary/aromatic N) is 1. The highest BCUT2D eigenvalue weighted by Crippen LogP contribution is 2.35. The number of amides is 1. The molecule has 3 rings (SSSR count). The summed E-state index contributed by atoms with van der Waals surface area (Å²) in [5.41, 5.74) is 6.38. The number of thiophene rings is 1. The van der Waals surface area contributed by atoms with Crippen molar-refractivity contribution in [1.29, 1.82) is 0 Å². The average Bonchev–Trinajstić information content (AvgIpc) is 3.04. The van der Waals surface area contributed by atoms with Gasteiger partial charge >= 0.3 is 0 Å². The number of likely N-dealkylation sites (tertiary alicyclic amines) is 1. The number of rotatable bonds is 2. The second-order valence-corrected chi connectivity index (χ2v) is 5.94. The Balaban J connectivity index is 1.94. The highest BCUT2D eigenvalue weighted by molar-refractivity contribution is 7.21. The number of nitrogen functional groups attached to an aromatic ring is 1. The van der Waals surface area contributed by atoms with Crippen LogP contribution in [0.2, 0.25) is 0 Å². The number of carbonyl (C=O) groups is 1. The van der Waals surface area contributed by atoms with Crippen LogP contribution in [0.15, 0.2) is 18.2 Å². The minimum atomic E-state index is -0.346. The van der Waals surface area contributed by atoms with Crippen molar-refractivity contribution in [3.8, 4) is 0 Å². The Morgan fingerprint density at radius 1 is 1.55 bits per heavy atom. The quantitative estimate of drug-likeness (QED) is 0.926. The van der Waals surface area contributed by atoms with E-state index in [4.69, 9.17) is 10.5 Å². The van der Waals surface area contributed by atoms with E-state index in [-0.39, 0.29) is 17.8 Å². The summed E-state index contributed by atoms with van der Waals surface area (Å²) in [7, 11) is 1.65. The fraction of sp³-hybridized carbons (Fsp3) is 0.357. The fourth-order valence-electron chi connectivity index (χ4n) is 2.50. The van der Waals surface area contributed by atoms with Crippen molar-refractivity contribution < 1.29 is 13.9 Å². The molecular formula is C14H15FN2O2S. The summed E-state index contributed by atoms with van der Waals surface area (Å²) in [6.45, 7) is 1.25. The molecule has 1 saturated heterocycles. The molecule has 1 atom stereocenters. The van der Waals surface area contributed by atoms with Crippen molar-refractivity contribution in [1.82, 2.24) is 4.90 Å². The molecule has 1 fully saturated rings. The molecule has 1 amide bonds. The van der Waals surface area contributed by atoms with Gasteiger partial charge in [0.15, 0.2) is 0 Å². The van der Waals surface area contributed by atoms with Gasteiger partial charge in [0.05, 0.1) is 11.8 Å². The first-order valence-corrected chi connectivity index (χ1v) is 7.21. The molecule has 0 spiro atoms. The molecule has 106 valence electrons. The van der Waals surface area contributed by atoms with E-state index in [2.05, 4.69) is 0 Å². The molecule has 2 heterocycles. The lowest BCUT2D eigenvalue weighted by Gasteiger charge is -2.15. The lowest BCUT2D eigenvalue weighted by molar-refractivity contribution is 0.0729. The van der Waals surface area contributed by atoms with Gasteiger partial charge in [-0.25, -0.2) is 4.39 Å². The summed E-state index contributed by atoms with van der Waals surface area (Å²) in [6, 6.07) is 4.41. The summed E-state index contributed by atoms with van der Waals surface area (Å²) in [6.07, 6.45) is 0.925. The number of carbonyl (C=O) groups excluding carboxylic acids is 1. The van der Waals surface area contributed by atoms with Crippen LogP contribution in [0, 0.1) is 5.82 Å². The van der Waals surface area contributed by atoms with Gasteiger partial charge in [-0.05, 0) is 24.6 Å². The van der Waals surface area contributed by atoms with Gasteiger partial charge < -0.3 is 15.4 Å². The largest absolute Gasteiger partial charge is 0.397 e. The van der Waals surface area contributed by atoms with Crippen LogP contribution in [0.5, 0.6) is 0 Å². The maximum Gasteiger partial charge on any atom is 0.266 e. The second kappa shape index (κ2) is 5.03. The minimum Gasteiger partial charge on any atom is -0.397 e. The maximum atomic E-state index is 13.3. The zero-order chi connectivity index (χ0) is 14.3. The molecular weight excluding hydrogens is 279 g/mol. The number of fused-ring (bicyclic) bond motifs is 1. The van der Waals surface area contributed by atoms with Gasteiger partial charge in [0.1, 0.15) is 10.7 Å². The molecule has 1 aromatic heterocycles. The van der Waals surface area contributed by atoms with Crippen molar-refractivity contribution in [2.75, 3.05) is 25.9 Å². The maximum absolute atomic E-state index is 13.3. The molecule has 0 saturated carbocycles. The molecule has 6 heteroatoms. The summed E-state index contributed by atoms with van der Waals surface area (Å²) < 4.78 is 19.4. The van der Waals surface area contributed by atoms with Crippen molar-refractivity contribution >= 4 is 33.0 Å². The topological polar surface area (TPSA) is 55.6 Å². The van der Waals surface area contributed by atoms with E-state index in [1.165, 1.54) is 23.5 Å². The standard InChI is InChI=1S/C14H15FN2O2S/c1-19-9-4-5-17(7-9)14(18)13-12(16)10-6-8(15)2-3-11(10)20-13/h2-3,6,9H,4-5,7,16H2,1H3. The predicted molar refractivity (Wildman–Crippen MR) is 77.5 cm³/mol. The molecule has 1 aliphatic rings. The van der Waals surface area contributed by atoms with Crippen molar-refractivity contribution in [3.05, 3.63) is 28.9 Å². The first-order chi connectivity index (χ1) is 9.60. The van der Waals surface area contributed by atoms with Gasteiger partial charge in [0.2, 0.25) is 0 Å². The molecule has 2 N–H and O–H groups in total. The van der Waals surface area contributed by atoms with E-state index in [9.17, 15) is 9.18 Å². The molecule has 0 aliphatic carbocycles. The Hall–Kier alpha value is -1.66. The Labute approximate surface area is 119 Å². The Bertz CT molecular complexity index is 670. The van der Waals surface area contributed by atoms with Gasteiger partial charge in [-0.1, -0.05) is 0 Å². The molecule has 1 aliphatic heterocycles. The number of nitrogens with two attached hydrogens (primary N) is 1. The molecule has 0 bridgehead atoms. The molecule has 0 radical (unpaired) electrons. The molecule has 1 aromatic carbocycles. The second-order valence-electron chi connectivity index (χ2n) is 4.88. The van der Waals surface area contributed by atoms with Crippen LogP contribution in [-0.2, 0) is 4.74 Å². The van der Waals surface area contributed by atoms with Crippen LogP contribution in [0.25, 0.3) is 10.1 Å². The van der Waals surface area contributed by atoms with E-state index in [1.54, 1.807) is 18.1 Å². The van der Waals surface area contributed by atoms with Gasteiger partial charge in [-0.2, -0.15) is 0 Å². The number of anilines is 1. The van der Waals surface area contributed by atoms with E-state index in [1.807, 2.05) is 0 Å². The van der Waals surface area contributed by atoms with Crippen molar-refractivity contribution in [2.24, 2.45) is 0 Å². The number of hydrogen-bond donors (Lipinski definition) is 1. The zero-order valence-electron chi connectivity index (χ0n) is 11.1. The van der Waals surface area contributed by atoms with E-state index in [0.29, 0.717) is 29.0 Å². The summed E-state index contributed by atoms with van der Waals surface area (Å²) in [5.74, 6) is -0.440. The first kappa shape index (κ1) is 13.3. The third-order valence-electron chi connectivity index (χ3n) is 3.65. The molecule has 20 heavy (non-hydrogen) atoms. The number of methoxy groups -OCH3 is 1. The zero-order valence-corrected chi connectivity index (χ0v) is 11.9. The minimum absolute atomic E-state index is 0.0898. The van der Waals surface area contributed by atoms with Gasteiger partial charge in [-0.3, -0.25) is 4.79 Å². The molecule has 2 aromatic rings. The highest BCUT2D eigenvalue weighted by Gasteiger charge is 2.29. The van der Waals surface area contributed by atoms with Gasteiger partial charge in [0.25, 0.3) is 5.91 Å². The van der Waals surface area contributed by atoms with Crippen LogP contribution in [0.3, 0.4) is 0 Å². The summed E-state index contributed by atoms with van der Waals surface area (Å²) in [4.78, 5) is 14.7. The third kappa shape index (κ3) is 2.14. The summed E-state index contributed by atoms with van der Waals surface area (Å²) in [5, 5.41) is 0.612. The molecule has 1 unspecified atom stereocenters. The smallest absolute Gasteiger partial charge is 0.266 e. The Morgan fingerprint density at radius 3 is 3.05 bits per heavy atom. The van der Waals surface area contributed by atoms with Crippen LogP contribution >= 0.6 is 11.3 Å². The fourth-order valence-corrected chi connectivity index (χ4v) is 3.57. The predicted octanol–water partition coefficient (Wildman–Crippen LogP) is 2.48. The van der Waals surface area contributed by atoms with Crippen LogP contribution < -0.4 is 5.73 Å². The Morgan fingerprint density at radius 2 is 2.35 bits per heavy atom. The van der Waals surface area contributed by atoms with Gasteiger partial charge in [-0.15, -0.1) is 11.3 Å². The lowest BCUT2D eigenvalue weighted by atomic mass is 10.2. The lowest BCUT2D eigenvalue weighted by Crippen LogP contribution is -2.29. The van der Waals surface area contributed by atoms with E-state index < -0.39 is 0 Å². The van der Waals surface area contributed by atoms with Crippen LogP contribution in [-0.4, -0.2) is 37.1 Å². The van der Waals surface area contributed by atoms with Crippen LogP contribution in [0.1, 0.15) is 16.1 Å². The summed E-state index contributed by atoms with van der Waals surface area (Å²) >= 11 is 1.31. The normalized spacial score (nSPS) is 18.9. The first-order valence-electron chi connectivity index (χ1n) is 6.39. The van der Waals surface area contributed by atoms with Crippen molar-refractivity contribution in [3.63, 3.8) is 0 Å². The average molecular weight is 294 g/mol. The highest BCUT2D eigenvalue weighted by atomic mass is 32.1. The number of hydrogen-bond acceptors (Lipinski definition) is 4. The number of halogens is 1. The van der Waals surface area contributed by atoms with Crippen LogP contribution in [0.4, 0.5) is 10.1 Å². The third-order valence-corrected chi connectivity index (χ3v) is 4.82.